The third kappa shape index (κ3) is 9.14. The van der Waals surface area contributed by atoms with Crippen LogP contribution in [0.4, 0.5) is 8.78 Å². The molecular weight excluding hydrogens is 502 g/mol. The molecule has 0 radical (unpaired) electrons. The first kappa shape index (κ1) is 31.3. The highest BCUT2D eigenvalue weighted by Crippen LogP contribution is 2.19. The fourth-order valence-corrected chi connectivity index (χ4v) is 4.23. The number of nitrogens with one attached hydrogen (secondary N) is 1. The molecule has 0 aromatic heterocycles. The molecule has 2 rings (SSSR count). The van der Waals surface area contributed by atoms with E-state index in [1.807, 2.05) is 13.8 Å². The van der Waals surface area contributed by atoms with Gasteiger partial charge in [-0.1, -0.05) is 32.4 Å². The van der Waals surface area contributed by atoms with Gasteiger partial charge in [-0.25, -0.2) is 8.78 Å². The Morgan fingerprint density at radius 1 is 1.18 bits per heavy atom. The molecule has 0 spiro atoms. The average molecular weight is 541 g/mol. The Bertz CT molecular complexity index is 970. The maximum Gasteiger partial charge on any atom is 0.303 e. The zero-order chi connectivity index (χ0) is 28.4. The molecule has 1 fully saturated rings. The van der Waals surface area contributed by atoms with E-state index in [2.05, 4.69) is 5.32 Å². The number of allylic oxidation sites excluding steroid dienone is 1. The molecule has 1 aromatic carbocycles. The number of benzene rings is 1. The van der Waals surface area contributed by atoms with Crippen molar-refractivity contribution in [3.63, 3.8) is 0 Å². The molecule has 6 atom stereocenters. The molecular formula is C27H38F2N2O7. The number of aliphatic hydroxyl groups excluding tert-OH is 2. The lowest BCUT2D eigenvalue weighted by Crippen LogP contribution is -2.56. The summed E-state index contributed by atoms with van der Waals surface area (Å²) in [6.07, 6.45) is -0.846. The van der Waals surface area contributed by atoms with Gasteiger partial charge in [-0.05, 0) is 42.9 Å². The summed E-state index contributed by atoms with van der Waals surface area (Å²) in [6, 6.07) is 2.05. The molecule has 1 saturated heterocycles. The summed E-state index contributed by atoms with van der Waals surface area (Å²) in [6.45, 7) is 5.28. The van der Waals surface area contributed by atoms with Crippen molar-refractivity contribution in [2.75, 3.05) is 13.7 Å². The molecule has 0 saturated carbocycles. The number of hydrogen-bond donors (Lipinski definition) is 3. The van der Waals surface area contributed by atoms with Crippen LogP contribution in [0.5, 0.6) is 0 Å². The lowest BCUT2D eigenvalue weighted by Gasteiger charge is -2.31. The summed E-state index contributed by atoms with van der Waals surface area (Å²) in [5.74, 6) is -3.46. The highest BCUT2D eigenvalue weighted by Gasteiger charge is 2.40. The van der Waals surface area contributed by atoms with Gasteiger partial charge in [0.1, 0.15) is 29.9 Å². The first-order valence-corrected chi connectivity index (χ1v) is 12.7. The smallest absolute Gasteiger partial charge is 0.303 e. The van der Waals surface area contributed by atoms with Crippen LogP contribution in [0.3, 0.4) is 0 Å². The minimum atomic E-state index is -1.76. The number of halogens is 2. The van der Waals surface area contributed by atoms with E-state index in [9.17, 15) is 33.4 Å². The number of esters is 1. The lowest BCUT2D eigenvalue weighted by atomic mass is 9.99. The number of ether oxygens (including phenoxy) is 2. The number of rotatable bonds is 12. The summed E-state index contributed by atoms with van der Waals surface area (Å²) in [5, 5.41) is 24.1. The van der Waals surface area contributed by atoms with Gasteiger partial charge in [-0.3, -0.25) is 14.4 Å². The molecule has 3 N–H and O–H groups in total. The van der Waals surface area contributed by atoms with Crippen LogP contribution >= 0.6 is 0 Å². The van der Waals surface area contributed by atoms with Crippen LogP contribution in [0.25, 0.3) is 0 Å². The zero-order valence-electron chi connectivity index (χ0n) is 22.2. The van der Waals surface area contributed by atoms with Crippen LogP contribution in [0.1, 0.15) is 52.0 Å². The molecule has 0 aliphatic carbocycles. The van der Waals surface area contributed by atoms with E-state index < -0.39 is 59.9 Å². The standard InChI is InChI=1S/C27H38F2N2O7/c1-5-16(2)9-10-22(33)24(38-17(3)32)23(34)25(37-4)26(35)30-21-8-6-7-11-31(27(21)36)15-18-12-19(28)14-20(29)13-18/h9-10,12-14,16,21-25,33-34H,5-8,11,15H2,1-4H3,(H,30,35)/b10-9+/t16?,21-,22+,23+,24-,25+/m0/s1. The van der Waals surface area contributed by atoms with Crippen molar-refractivity contribution >= 4 is 17.8 Å². The number of amides is 2. The number of nitrogens with zero attached hydrogens (tertiary/aromatic N) is 1. The molecule has 1 aliphatic rings. The highest BCUT2D eigenvalue weighted by atomic mass is 19.1. The zero-order valence-corrected chi connectivity index (χ0v) is 22.2. The molecule has 38 heavy (non-hydrogen) atoms. The SMILES string of the molecule is CCC(C)/C=C/[C@@H](O)[C@H](OC(C)=O)[C@@H](O)[C@@H](OC)C(=O)N[C@H]1CCCCN(Cc2cc(F)cc(F)c2)C1=O. The van der Waals surface area contributed by atoms with Crippen LogP contribution in [0.2, 0.25) is 0 Å². The van der Waals surface area contributed by atoms with E-state index in [0.29, 0.717) is 25.8 Å². The van der Waals surface area contributed by atoms with Crippen LogP contribution in [-0.2, 0) is 30.4 Å². The first-order valence-electron chi connectivity index (χ1n) is 12.7. The van der Waals surface area contributed by atoms with Gasteiger partial charge in [0, 0.05) is 33.2 Å². The largest absolute Gasteiger partial charge is 0.457 e. The van der Waals surface area contributed by atoms with Crippen molar-refractivity contribution in [3.8, 4) is 0 Å². The number of methoxy groups -OCH3 is 1. The van der Waals surface area contributed by atoms with Crippen molar-refractivity contribution in [3.05, 3.63) is 47.5 Å². The summed E-state index contributed by atoms with van der Waals surface area (Å²) in [5.41, 5.74) is 0.275. The van der Waals surface area contributed by atoms with E-state index >= 15 is 0 Å². The predicted octanol–water partition coefficient (Wildman–Crippen LogP) is 2.23. The molecule has 11 heteroatoms. The van der Waals surface area contributed by atoms with Gasteiger partial charge in [0.25, 0.3) is 5.91 Å². The van der Waals surface area contributed by atoms with Crippen molar-refractivity contribution < 1.29 is 42.9 Å². The average Bonchev–Trinajstić information content (AvgIpc) is 3.01. The Morgan fingerprint density at radius 2 is 1.84 bits per heavy atom. The number of likely N-dealkylation sites (tertiary alicyclic amines) is 1. The van der Waals surface area contributed by atoms with Gasteiger partial charge < -0.3 is 29.9 Å². The van der Waals surface area contributed by atoms with Crippen LogP contribution in [0.15, 0.2) is 30.4 Å². The minimum Gasteiger partial charge on any atom is -0.457 e. The van der Waals surface area contributed by atoms with E-state index in [4.69, 9.17) is 9.47 Å². The Kier molecular flexibility index (Phi) is 12.3. The maximum atomic E-state index is 13.6. The topological polar surface area (TPSA) is 125 Å². The first-order chi connectivity index (χ1) is 18.0. The minimum absolute atomic E-state index is 0.0422. The van der Waals surface area contributed by atoms with Gasteiger partial charge >= 0.3 is 5.97 Å². The maximum absolute atomic E-state index is 13.6. The van der Waals surface area contributed by atoms with Gasteiger partial charge in [0.05, 0.1) is 0 Å². The van der Waals surface area contributed by atoms with Crippen LogP contribution in [0, 0.1) is 17.6 Å². The normalized spacial score (nSPS) is 20.4. The second-order valence-electron chi connectivity index (χ2n) is 9.58. The van der Waals surface area contributed by atoms with Gasteiger partial charge in [-0.15, -0.1) is 0 Å². The third-order valence-electron chi connectivity index (χ3n) is 6.47. The van der Waals surface area contributed by atoms with Crippen molar-refractivity contribution in [1.29, 1.82) is 0 Å². The van der Waals surface area contributed by atoms with Gasteiger partial charge in [0.15, 0.2) is 12.2 Å². The lowest BCUT2D eigenvalue weighted by molar-refractivity contribution is -0.172. The molecule has 212 valence electrons. The quantitative estimate of drug-likeness (QED) is 0.274. The van der Waals surface area contributed by atoms with E-state index in [-0.39, 0.29) is 18.0 Å². The predicted molar refractivity (Wildman–Crippen MR) is 135 cm³/mol. The summed E-state index contributed by atoms with van der Waals surface area (Å²) < 4.78 is 37.6. The Balaban J connectivity index is 2.17. The molecule has 1 aliphatic heterocycles. The fraction of sp³-hybridized carbons (Fsp3) is 0.593. The molecule has 1 heterocycles. The van der Waals surface area contributed by atoms with E-state index in [1.165, 1.54) is 18.1 Å². The summed E-state index contributed by atoms with van der Waals surface area (Å²) in [7, 11) is 1.17. The fourth-order valence-electron chi connectivity index (χ4n) is 4.23. The Labute approximate surface area is 221 Å². The van der Waals surface area contributed by atoms with Gasteiger partial charge in [-0.2, -0.15) is 0 Å². The number of carbonyl (C=O) groups is 3. The second kappa shape index (κ2) is 14.9. The highest BCUT2D eigenvalue weighted by molar-refractivity contribution is 5.90. The monoisotopic (exact) mass is 540 g/mol. The van der Waals surface area contributed by atoms with Crippen molar-refractivity contribution in [1.82, 2.24) is 10.2 Å². The summed E-state index contributed by atoms with van der Waals surface area (Å²) in [4.78, 5) is 39.4. The molecule has 9 nitrogen and oxygen atoms in total. The van der Waals surface area contributed by atoms with E-state index in [0.717, 1.165) is 31.5 Å². The van der Waals surface area contributed by atoms with Crippen LogP contribution < -0.4 is 5.32 Å². The molecule has 0 bridgehead atoms. The van der Waals surface area contributed by atoms with Crippen LogP contribution in [-0.4, -0.2) is 77.0 Å². The number of hydrogen-bond acceptors (Lipinski definition) is 7. The van der Waals surface area contributed by atoms with Gasteiger partial charge in [0.2, 0.25) is 5.91 Å². The van der Waals surface area contributed by atoms with E-state index in [1.54, 1.807) is 6.08 Å². The Hall–Kier alpha value is -2.89. The number of aliphatic hydroxyl groups is 2. The Morgan fingerprint density at radius 3 is 2.42 bits per heavy atom. The second-order valence-corrected chi connectivity index (χ2v) is 9.58. The molecule has 1 aromatic rings. The molecule has 2 amide bonds. The molecule has 1 unspecified atom stereocenters. The van der Waals surface area contributed by atoms with Crippen molar-refractivity contribution in [2.24, 2.45) is 5.92 Å². The van der Waals surface area contributed by atoms with Crippen molar-refractivity contribution in [2.45, 2.75) is 83.5 Å². The summed E-state index contributed by atoms with van der Waals surface area (Å²) >= 11 is 0. The number of carbonyl (C=O) groups excluding carboxylic acids is 3. The third-order valence-corrected chi connectivity index (χ3v) is 6.47.